The maximum atomic E-state index is 11.6. The number of anilines is 1. The largest absolute Gasteiger partial charge is 0.504 e. The van der Waals surface area contributed by atoms with Crippen LogP contribution in [0.15, 0.2) is 10.9 Å². The van der Waals surface area contributed by atoms with Crippen molar-refractivity contribution in [1.82, 2.24) is 9.97 Å². The van der Waals surface area contributed by atoms with E-state index in [0.29, 0.717) is 0 Å². The van der Waals surface area contributed by atoms with Crippen molar-refractivity contribution in [2.24, 2.45) is 0 Å². The van der Waals surface area contributed by atoms with E-state index < -0.39 is 34.8 Å². The average molecular weight is 253 g/mol. The highest BCUT2D eigenvalue weighted by atomic mass is 16.4. The molecule has 0 fully saturated rings. The first-order valence-corrected chi connectivity index (χ1v) is 4.58. The average Bonchev–Trinajstić information content (AvgIpc) is 2.27. The van der Waals surface area contributed by atoms with Crippen molar-refractivity contribution >= 4 is 22.9 Å². The Morgan fingerprint density at radius 3 is 2.56 bits per heavy atom. The number of hydrogen-bond donors (Lipinski definition) is 6. The van der Waals surface area contributed by atoms with Gasteiger partial charge in [-0.2, -0.15) is 0 Å². The first-order valence-electron chi connectivity index (χ1n) is 4.58. The monoisotopic (exact) mass is 253 g/mol. The van der Waals surface area contributed by atoms with Crippen LogP contribution in [-0.4, -0.2) is 36.5 Å². The van der Waals surface area contributed by atoms with Crippen molar-refractivity contribution in [3.8, 4) is 17.2 Å². The SMILES string of the molecule is O=C(O)Nc1nc2c(O)c(O)c(O)cc2c(=O)[nH]1. The fourth-order valence-electron chi connectivity index (χ4n) is 1.40. The van der Waals surface area contributed by atoms with E-state index >= 15 is 0 Å². The summed E-state index contributed by atoms with van der Waals surface area (Å²) in [5.41, 5.74) is -1.12. The summed E-state index contributed by atoms with van der Waals surface area (Å²) in [7, 11) is 0. The number of H-pyrrole nitrogens is 1. The minimum absolute atomic E-state index is 0.196. The Hall–Kier alpha value is -2.97. The Morgan fingerprint density at radius 1 is 1.28 bits per heavy atom. The Balaban J connectivity index is 2.79. The molecule has 0 saturated heterocycles. The molecule has 0 saturated carbocycles. The van der Waals surface area contributed by atoms with Crippen LogP contribution in [0.2, 0.25) is 0 Å². The predicted octanol–water partition coefficient (Wildman–Crippen LogP) is 0.130. The smallest absolute Gasteiger partial charge is 0.411 e. The van der Waals surface area contributed by atoms with Gasteiger partial charge in [-0.05, 0) is 6.07 Å². The number of amides is 1. The van der Waals surface area contributed by atoms with Gasteiger partial charge in [-0.25, -0.2) is 9.78 Å². The van der Waals surface area contributed by atoms with Crippen LogP contribution < -0.4 is 10.9 Å². The van der Waals surface area contributed by atoms with Crippen molar-refractivity contribution in [3.63, 3.8) is 0 Å². The van der Waals surface area contributed by atoms with E-state index in [1.54, 1.807) is 5.32 Å². The lowest BCUT2D eigenvalue weighted by atomic mass is 10.2. The van der Waals surface area contributed by atoms with Crippen molar-refractivity contribution in [2.45, 2.75) is 0 Å². The van der Waals surface area contributed by atoms with Gasteiger partial charge in [0.15, 0.2) is 11.5 Å². The van der Waals surface area contributed by atoms with Crippen molar-refractivity contribution in [2.75, 3.05) is 5.32 Å². The highest BCUT2D eigenvalue weighted by Gasteiger charge is 2.16. The molecule has 0 aliphatic rings. The Kier molecular flexibility index (Phi) is 2.43. The zero-order valence-corrected chi connectivity index (χ0v) is 8.63. The van der Waals surface area contributed by atoms with Crippen LogP contribution in [-0.2, 0) is 0 Å². The number of nitrogens with zero attached hydrogens (tertiary/aromatic N) is 1. The van der Waals surface area contributed by atoms with E-state index in [4.69, 9.17) is 5.11 Å². The molecule has 9 nitrogen and oxygen atoms in total. The summed E-state index contributed by atoms with van der Waals surface area (Å²) in [6, 6.07) is 0.904. The third-order valence-electron chi connectivity index (χ3n) is 2.15. The van der Waals surface area contributed by atoms with Gasteiger partial charge in [0.05, 0.1) is 5.39 Å². The lowest BCUT2D eigenvalue weighted by molar-refractivity contribution is 0.209. The Morgan fingerprint density at radius 2 is 1.94 bits per heavy atom. The molecule has 9 heteroatoms. The number of fused-ring (bicyclic) bond motifs is 1. The van der Waals surface area contributed by atoms with Gasteiger partial charge >= 0.3 is 6.09 Å². The number of phenolic OH excluding ortho intramolecular Hbond substituents is 3. The standard InChI is InChI=1S/C9H7N3O6/c13-3-1-2-4(6(15)5(3)14)10-8(11-7(2)16)12-9(17)18/h1,13-15H,(H,17,18)(H2,10,11,12,16). The van der Waals surface area contributed by atoms with Crippen LogP contribution >= 0.6 is 0 Å². The maximum absolute atomic E-state index is 11.6. The summed E-state index contributed by atoms with van der Waals surface area (Å²) in [5, 5.41) is 38.1. The van der Waals surface area contributed by atoms with Crippen LogP contribution in [0.25, 0.3) is 10.9 Å². The second kappa shape index (κ2) is 3.80. The van der Waals surface area contributed by atoms with E-state index in [1.807, 2.05) is 0 Å². The summed E-state index contributed by atoms with van der Waals surface area (Å²) in [5.74, 6) is -2.77. The third-order valence-corrected chi connectivity index (χ3v) is 2.15. The topological polar surface area (TPSA) is 156 Å². The molecule has 1 aromatic heterocycles. The summed E-state index contributed by atoms with van der Waals surface area (Å²) >= 11 is 0. The fourth-order valence-corrected chi connectivity index (χ4v) is 1.40. The van der Waals surface area contributed by atoms with Gasteiger partial charge in [0.2, 0.25) is 11.7 Å². The van der Waals surface area contributed by atoms with E-state index in [1.165, 1.54) is 0 Å². The molecule has 1 aromatic carbocycles. The molecule has 0 atom stereocenters. The molecule has 0 bridgehead atoms. The van der Waals surface area contributed by atoms with Crippen molar-refractivity contribution < 1.29 is 25.2 Å². The van der Waals surface area contributed by atoms with E-state index in [0.717, 1.165) is 6.07 Å². The number of carboxylic acid groups (broad SMARTS) is 1. The first kappa shape index (κ1) is 11.5. The molecule has 6 N–H and O–H groups in total. The molecule has 0 radical (unpaired) electrons. The highest BCUT2D eigenvalue weighted by molar-refractivity contribution is 5.90. The van der Waals surface area contributed by atoms with E-state index in [-0.39, 0.29) is 10.9 Å². The van der Waals surface area contributed by atoms with Crippen molar-refractivity contribution in [3.05, 3.63) is 16.4 Å². The third kappa shape index (κ3) is 1.73. The molecular weight excluding hydrogens is 246 g/mol. The van der Waals surface area contributed by atoms with Gasteiger partial charge in [-0.15, -0.1) is 0 Å². The summed E-state index contributed by atoms with van der Waals surface area (Å²) in [6.07, 6.45) is -1.46. The van der Waals surface area contributed by atoms with Gasteiger partial charge in [-0.1, -0.05) is 0 Å². The minimum Gasteiger partial charge on any atom is -0.504 e. The van der Waals surface area contributed by atoms with Crippen LogP contribution in [0.1, 0.15) is 0 Å². The van der Waals surface area contributed by atoms with Crippen molar-refractivity contribution in [1.29, 1.82) is 0 Å². The Labute approximate surface area is 98.0 Å². The first-order chi connectivity index (χ1) is 8.40. The lowest BCUT2D eigenvalue weighted by Crippen LogP contribution is -2.16. The molecule has 18 heavy (non-hydrogen) atoms. The molecule has 0 aliphatic carbocycles. The number of rotatable bonds is 1. The lowest BCUT2D eigenvalue weighted by Gasteiger charge is -2.06. The number of hydrogen-bond acceptors (Lipinski definition) is 6. The highest BCUT2D eigenvalue weighted by Crippen LogP contribution is 2.39. The molecule has 0 spiro atoms. The normalized spacial score (nSPS) is 10.4. The van der Waals surface area contributed by atoms with E-state index in [2.05, 4.69) is 9.97 Å². The van der Waals surface area contributed by atoms with E-state index in [9.17, 15) is 24.9 Å². The summed E-state index contributed by atoms with van der Waals surface area (Å²) in [4.78, 5) is 27.7. The molecule has 0 unspecified atom stereocenters. The second-order valence-corrected chi connectivity index (χ2v) is 3.33. The zero-order valence-electron chi connectivity index (χ0n) is 8.63. The van der Waals surface area contributed by atoms with Crippen LogP contribution in [0, 0.1) is 0 Å². The molecule has 1 amide bonds. The minimum atomic E-state index is -1.46. The van der Waals surface area contributed by atoms with Crippen LogP contribution in [0.3, 0.4) is 0 Å². The molecule has 1 heterocycles. The number of carbonyl (C=O) groups is 1. The molecule has 2 rings (SSSR count). The predicted molar refractivity (Wildman–Crippen MR) is 59.0 cm³/mol. The van der Waals surface area contributed by atoms with Gasteiger partial charge in [-0.3, -0.25) is 15.1 Å². The number of aromatic hydroxyl groups is 3. The number of phenols is 3. The number of nitrogens with one attached hydrogen (secondary N) is 2. The van der Waals surface area contributed by atoms with Gasteiger partial charge in [0.1, 0.15) is 5.52 Å². The molecule has 0 aliphatic heterocycles. The van der Waals surface area contributed by atoms with Gasteiger partial charge in [0, 0.05) is 0 Å². The van der Waals surface area contributed by atoms with Crippen LogP contribution in [0.4, 0.5) is 10.7 Å². The van der Waals surface area contributed by atoms with Gasteiger partial charge < -0.3 is 20.4 Å². The molecular formula is C9H7N3O6. The van der Waals surface area contributed by atoms with Gasteiger partial charge in [0.25, 0.3) is 5.56 Å². The number of aromatic amines is 1. The Bertz CT molecular complexity index is 707. The maximum Gasteiger partial charge on any atom is 0.411 e. The summed E-state index contributed by atoms with van der Waals surface area (Å²) < 4.78 is 0. The fraction of sp³-hybridized carbons (Fsp3) is 0. The molecule has 94 valence electrons. The quantitative estimate of drug-likeness (QED) is 0.394. The summed E-state index contributed by atoms with van der Waals surface area (Å²) in [6.45, 7) is 0. The van der Waals surface area contributed by atoms with Crippen LogP contribution in [0.5, 0.6) is 17.2 Å². The number of benzene rings is 1. The second-order valence-electron chi connectivity index (χ2n) is 3.33. The zero-order chi connectivity index (χ0) is 13.4. The number of aromatic nitrogens is 2. The molecule has 2 aromatic rings.